The molecule has 1 aliphatic carbocycles. The lowest BCUT2D eigenvalue weighted by atomic mass is 9.93. The third-order valence-corrected chi connectivity index (χ3v) is 5.68. The first-order chi connectivity index (χ1) is 12.6. The molecule has 1 amide bonds. The molecule has 1 aliphatic heterocycles. The number of fused-ring (bicyclic) bond motifs is 1. The first-order valence-corrected chi connectivity index (χ1v) is 9.35. The number of ketones is 1. The number of nitrogens with one attached hydrogen (secondary N) is 1. The largest absolute Gasteiger partial charge is 0.354 e. The lowest BCUT2D eigenvalue weighted by Crippen LogP contribution is -2.49. The number of benzene rings is 1. The molecule has 1 fully saturated rings. The van der Waals surface area contributed by atoms with Crippen molar-refractivity contribution in [2.24, 2.45) is 0 Å². The van der Waals surface area contributed by atoms with Gasteiger partial charge in [0.15, 0.2) is 5.78 Å². The summed E-state index contributed by atoms with van der Waals surface area (Å²) in [6.07, 6.45) is 2.29. The second kappa shape index (κ2) is 6.72. The van der Waals surface area contributed by atoms with E-state index in [9.17, 15) is 9.59 Å². The van der Waals surface area contributed by atoms with Gasteiger partial charge in [-0.1, -0.05) is 30.3 Å². The minimum atomic E-state index is 0.00616. The summed E-state index contributed by atoms with van der Waals surface area (Å²) in [7, 11) is 2.09. The maximum Gasteiger partial charge on any atom is 0.271 e. The Bertz CT molecular complexity index is 840. The molecule has 2 heterocycles. The Labute approximate surface area is 154 Å². The van der Waals surface area contributed by atoms with Crippen LogP contribution in [-0.2, 0) is 6.42 Å². The molecular formula is C21H25N3O2. The molecule has 1 saturated heterocycles. The van der Waals surface area contributed by atoms with Gasteiger partial charge in [-0.15, -0.1) is 0 Å². The van der Waals surface area contributed by atoms with Crippen molar-refractivity contribution < 1.29 is 9.59 Å². The lowest BCUT2D eigenvalue weighted by Gasteiger charge is -2.40. The van der Waals surface area contributed by atoms with Crippen LogP contribution >= 0.6 is 0 Å². The smallest absolute Gasteiger partial charge is 0.271 e. The zero-order chi connectivity index (χ0) is 18.3. The van der Waals surface area contributed by atoms with Crippen LogP contribution in [0, 0.1) is 6.92 Å². The number of H-pyrrole nitrogens is 1. The molecule has 1 N–H and O–H groups in total. The predicted octanol–water partition coefficient (Wildman–Crippen LogP) is 2.97. The molecule has 4 rings (SSSR count). The molecule has 5 nitrogen and oxygen atoms in total. The van der Waals surface area contributed by atoms with Crippen LogP contribution in [0.4, 0.5) is 0 Å². The fourth-order valence-electron chi connectivity index (χ4n) is 4.25. The monoisotopic (exact) mass is 351 g/mol. The second-order valence-electron chi connectivity index (χ2n) is 7.44. The Morgan fingerprint density at radius 2 is 1.92 bits per heavy atom. The van der Waals surface area contributed by atoms with E-state index >= 15 is 0 Å². The van der Waals surface area contributed by atoms with Crippen molar-refractivity contribution in [2.45, 2.75) is 32.2 Å². The fourth-order valence-corrected chi connectivity index (χ4v) is 4.25. The molecule has 1 atom stereocenters. The molecule has 5 heteroatoms. The number of Topliss-reactive ketones (excluding diaryl/α,β-unsaturated/α-hetero) is 1. The van der Waals surface area contributed by atoms with Gasteiger partial charge in [0.1, 0.15) is 5.69 Å². The zero-order valence-corrected chi connectivity index (χ0v) is 15.4. The number of aryl methyl sites for hydroxylation is 1. The number of likely N-dealkylation sites (N-methyl/N-ethyl adjacent to an activating group) is 1. The number of aromatic nitrogens is 1. The third-order valence-electron chi connectivity index (χ3n) is 5.68. The van der Waals surface area contributed by atoms with E-state index in [4.69, 9.17) is 0 Å². The van der Waals surface area contributed by atoms with Crippen LogP contribution < -0.4 is 0 Å². The summed E-state index contributed by atoms with van der Waals surface area (Å²) in [6.45, 7) is 4.26. The molecule has 0 bridgehead atoms. The van der Waals surface area contributed by atoms with Crippen molar-refractivity contribution in [2.75, 3.05) is 26.7 Å². The Hall–Kier alpha value is -2.40. The van der Waals surface area contributed by atoms with Crippen molar-refractivity contribution >= 4 is 11.7 Å². The van der Waals surface area contributed by atoms with Crippen LogP contribution in [0.1, 0.15) is 56.6 Å². The van der Waals surface area contributed by atoms with Crippen molar-refractivity contribution in [1.82, 2.24) is 14.8 Å². The van der Waals surface area contributed by atoms with Gasteiger partial charge in [0, 0.05) is 37.3 Å². The number of hydrogen-bond donors (Lipinski definition) is 1. The van der Waals surface area contributed by atoms with Crippen LogP contribution in [-0.4, -0.2) is 53.2 Å². The summed E-state index contributed by atoms with van der Waals surface area (Å²) >= 11 is 0. The maximum absolute atomic E-state index is 13.4. The summed E-state index contributed by atoms with van der Waals surface area (Å²) < 4.78 is 0. The van der Waals surface area contributed by atoms with Gasteiger partial charge in [0.25, 0.3) is 5.91 Å². The van der Waals surface area contributed by atoms with Crippen molar-refractivity contribution in [3.8, 4) is 0 Å². The Kier molecular flexibility index (Phi) is 4.41. The average molecular weight is 351 g/mol. The van der Waals surface area contributed by atoms with Gasteiger partial charge in [-0.2, -0.15) is 0 Å². The molecule has 2 aliphatic rings. The van der Waals surface area contributed by atoms with Gasteiger partial charge >= 0.3 is 0 Å². The van der Waals surface area contributed by atoms with Crippen molar-refractivity contribution in [1.29, 1.82) is 0 Å². The van der Waals surface area contributed by atoms with Crippen molar-refractivity contribution in [3.05, 3.63) is 58.4 Å². The highest BCUT2D eigenvalue weighted by Crippen LogP contribution is 2.31. The van der Waals surface area contributed by atoms with E-state index in [-0.39, 0.29) is 17.7 Å². The standard InChI is InChI=1S/C21H25N3O2/c1-14-19-16(9-6-10-18(19)25)22-20(14)21(26)24-12-11-23(2)13-17(24)15-7-4-3-5-8-15/h3-5,7-8,17,22H,6,9-13H2,1-2H3. The average Bonchev–Trinajstić information content (AvgIpc) is 3.00. The Balaban J connectivity index is 1.69. The molecule has 2 aromatic rings. The summed E-state index contributed by atoms with van der Waals surface area (Å²) in [5.74, 6) is 0.170. The topological polar surface area (TPSA) is 56.4 Å². The number of hydrogen-bond acceptors (Lipinski definition) is 3. The summed E-state index contributed by atoms with van der Waals surface area (Å²) in [6, 6.07) is 10.2. The molecule has 1 unspecified atom stereocenters. The highest BCUT2D eigenvalue weighted by atomic mass is 16.2. The number of rotatable bonds is 2. The van der Waals surface area contributed by atoms with Gasteiger partial charge in [-0.3, -0.25) is 9.59 Å². The SMILES string of the molecule is Cc1c(C(=O)N2CCN(C)CC2c2ccccc2)[nH]c2c1C(=O)CCC2. The molecule has 1 aromatic carbocycles. The van der Waals surface area contributed by atoms with Crippen molar-refractivity contribution in [3.63, 3.8) is 0 Å². The van der Waals surface area contributed by atoms with Gasteiger partial charge in [0.05, 0.1) is 6.04 Å². The van der Waals surface area contributed by atoms with E-state index in [2.05, 4.69) is 29.1 Å². The number of amides is 1. The van der Waals surface area contributed by atoms with Gasteiger partial charge < -0.3 is 14.8 Å². The first-order valence-electron chi connectivity index (χ1n) is 9.35. The van der Waals surface area contributed by atoms with E-state index in [1.54, 1.807) is 0 Å². The van der Waals surface area contributed by atoms with E-state index in [1.807, 2.05) is 30.0 Å². The molecule has 1 aromatic heterocycles. The Morgan fingerprint density at radius 1 is 1.15 bits per heavy atom. The number of carbonyl (C=O) groups is 2. The molecule has 136 valence electrons. The highest BCUT2D eigenvalue weighted by Gasteiger charge is 2.34. The molecular weight excluding hydrogens is 326 g/mol. The van der Waals surface area contributed by atoms with Gasteiger partial charge in [0.2, 0.25) is 0 Å². The summed E-state index contributed by atoms with van der Waals surface area (Å²) in [4.78, 5) is 33.2. The molecule has 26 heavy (non-hydrogen) atoms. The van der Waals surface area contributed by atoms with E-state index in [0.29, 0.717) is 18.7 Å². The van der Waals surface area contributed by atoms with Crippen LogP contribution in [0.2, 0.25) is 0 Å². The second-order valence-corrected chi connectivity index (χ2v) is 7.44. The van der Waals surface area contributed by atoms with E-state index in [1.165, 1.54) is 0 Å². The number of piperazine rings is 1. The summed E-state index contributed by atoms with van der Waals surface area (Å²) in [5.41, 5.74) is 4.26. The number of carbonyl (C=O) groups excluding carboxylic acids is 2. The molecule has 0 saturated carbocycles. The quantitative estimate of drug-likeness (QED) is 0.905. The molecule has 0 radical (unpaired) electrons. The third kappa shape index (κ3) is 2.86. The van der Waals surface area contributed by atoms with Crippen LogP contribution in [0.25, 0.3) is 0 Å². The van der Waals surface area contributed by atoms with Crippen LogP contribution in [0.15, 0.2) is 30.3 Å². The van der Waals surface area contributed by atoms with Gasteiger partial charge in [-0.25, -0.2) is 0 Å². The highest BCUT2D eigenvalue weighted by molar-refractivity contribution is 6.04. The minimum Gasteiger partial charge on any atom is -0.354 e. The predicted molar refractivity (Wildman–Crippen MR) is 101 cm³/mol. The zero-order valence-electron chi connectivity index (χ0n) is 15.4. The van der Waals surface area contributed by atoms with Crippen LogP contribution in [0.5, 0.6) is 0 Å². The summed E-state index contributed by atoms with van der Waals surface area (Å²) in [5, 5.41) is 0. The first kappa shape index (κ1) is 17.0. The Morgan fingerprint density at radius 3 is 2.65 bits per heavy atom. The maximum atomic E-state index is 13.4. The lowest BCUT2D eigenvalue weighted by molar-refractivity contribution is 0.0492. The van der Waals surface area contributed by atoms with E-state index < -0.39 is 0 Å². The minimum absolute atomic E-state index is 0.00616. The normalized spacial score (nSPS) is 20.9. The van der Waals surface area contributed by atoms with Gasteiger partial charge in [-0.05, 0) is 37.9 Å². The molecule has 0 spiro atoms. The number of nitrogens with zero attached hydrogens (tertiary/aromatic N) is 2. The fraction of sp³-hybridized carbons (Fsp3) is 0.429. The van der Waals surface area contributed by atoms with E-state index in [0.717, 1.165) is 48.3 Å². The van der Waals surface area contributed by atoms with Crippen LogP contribution in [0.3, 0.4) is 0 Å². The number of aromatic amines is 1.